The van der Waals surface area contributed by atoms with Gasteiger partial charge in [0.2, 0.25) is 0 Å². The van der Waals surface area contributed by atoms with E-state index < -0.39 is 5.82 Å². The molecule has 0 spiro atoms. The van der Waals surface area contributed by atoms with Crippen molar-refractivity contribution in [2.45, 2.75) is 6.54 Å². The van der Waals surface area contributed by atoms with E-state index in [1.807, 2.05) is 0 Å². The number of aromatic nitrogens is 2. The summed E-state index contributed by atoms with van der Waals surface area (Å²) in [4.78, 5) is 11.5. The highest BCUT2D eigenvalue weighted by atomic mass is 79.9. The molecule has 0 unspecified atom stereocenters. The molecule has 0 aliphatic heterocycles. The van der Waals surface area contributed by atoms with Crippen LogP contribution in [0, 0.1) is 5.82 Å². The van der Waals surface area contributed by atoms with E-state index in [0.29, 0.717) is 16.8 Å². The van der Waals surface area contributed by atoms with Gasteiger partial charge in [0.1, 0.15) is 5.82 Å². The van der Waals surface area contributed by atoms with Crippen LogP contribution in [0.5, 0.6) is 0 Å². The largest absolute Gasteiger partial charge is 0.326 e. The zero-order valence-corrected chi connectivity index (χ0v) is 11.2. The third-order valence-corrected chi connectivity index (χ3v) is 3.07. The van der Waals surface area contributed by atoms with Gasteiger partial charge in [0, 0.05) is 29.7 Å². The van der Waals surface area contributed by atoms with Crippen molar-refractivity contribution >= 4 is 15.9 Å². The van der Waals surface area contributed by atoms with E-state index in [1.165, 1.54) is 19.2 Å². The Bertz CT molecular complexity index is 654. The first kappa shape index (κ1) is 12.9. The SMILES string of the molecule is Cn1nc(-c2cc(Br)ccc2F)c(CN)cc1=O. The molecule has 1 aromatic carbocycles. The fourth-order valence-corrected chi connectivity index (χ4v) is 2.00. The lowest BCUT2D eigenvalue weighted by Gasteiger charge is -2.09. The van der Waals surface area contributed by atoms with Gasteiger partial charge in [-0.2, -0.15) is 5.10 Å². The van der Waals surface area contributed by atoms with Crippen molar-refractivity contribution in [3.8, 4) is 11.3 Å². The molecule has 6 heteroatoms. The molecule has 4 nitrogen and oxygen atoms in total. The molecule has 0 saturated carbocycles. The van der Waals surface area contributed by atoms with E-state index >= 15 is 0 Å². The van der Waals surface area contributed by atoms with E-state index in [9.17, 15) is 9.18 Å². The molecule has 0 radical (unpaired) electrons. The monoisotopic (exact) mass is 311 g/mol. The third kappa shape index (κ3) is 2.34. The molecule has 18 heavy (non-hydrogen) atoms. The predicted molar refractivity (Wildman–Crippen MR) is 70.5 cm³/mol. The highest BCUT2D eigenvalue weighted by Gasteiger charge is 2.13. The van der Waals surface area contributed by atoms with Crippen molar-refractivity contribution in [3.63, 3.8) is 0 Å². The molecule has 0 aliphatic carbocycles. The van der Waals surface area contributed by atoms with E-state index in [1.54, 1.807) is 12.1 Å². The average Bonchev–Trinajstić information content (AvgIpc) is 2.35. The lowest BCUT2D eigenvalue weighted by Crippen LogP contribution is -2.21. The Balaban J connectivity index is 2.73. The van der Waals surface area contributed by atoms with Crippen LogP contribution in [0.25, 0.3) is 11.3 Å². The summed E-state index contributed by atoms with van der Waals surface area (Å²) in [5.74, 6) is -0.404. The van der Waals surface area contributed by atoms with Crippen LogP contribution in [0.3, 0.4) is 0 Å². The van der Waals surface area contributed by atoms with Crippen molar-refractivity contribution in [3.05, 3.63) is 50.5 Å². The quantitative estimate of drug-likeness (QED) is 0.920. The number of rotatable bonds is 2. The molecule has 0 saturated heterocycles. The summed E-state index contributed by atoms with van der Waals surface area (Å²) in [6.45, 7) is 0.129. The van der Waals surface area contributed by atoms with Crippen LogP contribution in [0.15, 0.2) is 33.5 Å². The molecule has 0 fully saturated rings. The second-order valence-electron chi connectivity index (χ2n) is 3.81. The first-order valence-electron chi connectivity index (χ1n) is 5.25. The van der Waals surface area contributed by atoms with Gasteiger partial charge in [-0.3, -0.25) is 4.79 Å². The van der Waals surface area contributed by atoms with Crippen LogP contribution in [0.4, 0.5) is 4.39 Å². The smallest absolute Gasteiger partial charge is 0.266 e. The first-order chi connectivity index (χ1) is 8.52. The summed E-state index contributed by atoms with van der Waals surface area (Å²) >= 11 is 3.28. The average molecular weight is 312 g/mol. The van der Waals surface area contributed by atoms with Crippen molar-refractivity contribution in [1.82, 2.24) is 9.78 Å². The van der Waals surface area contributed by atoms with Crippen LogP contribution in [0.1, 0.15) is 5.56 Å². The number of nitrogens with zero attached hydrogens (tertiary/aromatic N) is 2. The fourth-order valence-electron chi connectivity index (χ4n) is 1.64. The molecule has 0 aliphatic rings. The molecule has 94 valence electrons. The van der Waals surface area contributed by atoms with Crippen LogP contribution < -0.4 is 11.3 Å². The molecular formula is C12H11BrFN3O. The van der Waals surface area contributed by atoms with Crippen LogP contribution in [-0.2, 0) is 13.6 Å². The minimum absolute atomic E-state index is 0.129. The molecule has 1 aromatic heterocycles. The number of nitrogens with two attached hydrogens (primary N) is 1. The van der Waals surface area contributed by atoms with Crippen LogP contribution in [-0.4, -0.2) is 9.78 Å². The Kier molecular flexibility index (Phi) is 3.58. The summed E-state index contributed by atoms with van der Waals surface area (Å²) < 4.78 is 15.7. The van der Waals surface area contributed by atoms with Gasteiger partial charge in [-0.25, -0.2) is 9.07 Å². The van der Waals surface area contributed by atoms with Crippen LogP contribution in [0.2, 0.25) is 0 Å². The van der Waals surface area contributed by atoms with E-state index in [2.05, 4.69) is 21.0 Å². The molecule has 0 atom stereocenters. The molecule has 0 amide bonds. The second kappa shape index (κ2) is 4.99. The zero-order chi connectivity index (χ0) is 13.3. The Morgan fingerprint density at radius 1 is 1.44 bits per heavy atom. The molecular weight excluding hydrogens is 301 g/mol. The molecule has 0 bridgehead atoms. The van der Waals surface area contributed by atoms with Crippen molar-refractivity contribution in [2.24, 2.45) is 12.8 Å². The lowest BCUT2D eigenvalue weighted by atomic mass is 10.1. The standard InChI is InChI=1S/C12H11BrFN3O/c1-17-11(18)4-7(6-15)12(16-17)9-5-8(13)2-3-10(9)14/h2-5H,6,15H2,1H3. The molecule has 2 aromatic rings. The van der Waals surface area contributed by atoms with E-state index in [0.717, 1.165) is 9.15 Å². The minimum atomic E-state index is -0.404. The minimum Gasteiger partial charge on any atom is -0.326 e. The second-order valence-corrected chi connectivity index (χ2v) is 4.72. The van der Waals surface area contributed by atoms with Gasteiger partial charge in [0.15, 0.2) is 0 Å². The Morgan fingerprint density at radius 2 is 2.17 bits per heavy atom. The number of halogens is 2. The highest BCUT2D eigenvalue weighted by molar-refractivity contribution is 9.10. The first-order valence-corrected chi connectivity index (χ1v) is 6.05. The van der Waals surface area contributed by atoms with Crippen molar-refractivity contribution in [2.75, 3.05) is 0 Å². The summed E-state index contributed by atoms with van der Waals surface area (Å²) in [5, 5.41) is 4.08. The van der Waals surface area contributed by atoms with Crippen molar-refractivity contribution in [1.29, 1.82) is 0 Å². The normalized spacial score (nSPS) is 10.7. The summed E-state index contributed by atoms with van der Waals surface area (Å²) in [5.41, 5.74) is 6.53. The molecule has 2 rings (SSSR count). The summed E-state index contributed by atoms with van der Waals surface area (Å²) in [7, 11) is 1.52. The predicted octanol–water partition coefficient (Wildman–Crippen LogP) is 1.81. The number of hydrogen-bond acceptors (Lipinski definition) is 3. The summed E-state index contributed by atoms with van der Waals surface area (Å²) in [6, 6.07) is 5.93. The van der Waals surface area contributed by atoms with Crippen LogP contribution >= 0.6 is 15.9 Å². The van der Waals surface area contributed by atoms with Gasteiger partial charge in [0.25, 0.3) is 5.56 Å². The number of hydrogen-bond donors (Lipinski definition) is 1. The molecule has 1 heterocycles. The van der Waals surface area contributed by atoms with Gasteiger partial charge in [-0.05, 0) is 23.8 Å². The topological polar surface area (TPSA) is 60.9 Å². The Morgan fingerprint density at radius 3 is 2.83 bits per heavy atom. The maximum absolute atomic E-state index is 13.8. The number of benzene rings is 1. The van der Waals surface area contributed by atoms with E-state index in [-0.39, 0.29) is 12.1 Å². The lowest BCUT2D eigenvalue weighted by molar-refractivity contribution is 0.626. The Labute approximate surface area is 111 Å². The summed E-state index contributed by atoms with van der Waals surface area (Å²) in [6.07, 6.45) is 0. The van der Waals surface area contributed by atoms with Crippen molar-refractivity contribution < 1.29 is 4.39 Å². The van der Waals surface area contributed by atoms with E-state index in [4.69, 9.17) is 5.73 Å². The number of aryl methyl sites for hydroxylation is 1. The maximum Gasteiger partial charge on any atom is 0.266 e. The van der Waals surface area contributed by atoms with Gasteiger partial charge in [0.05, 0.1) is 5.69 Å². The van der Waals surface area contributed by atoms with Gasteiger partial charge < -0.3 is 5.73 Å². The Hall–Kier alpha value is -1.53. The molecule has 2 N–H and O–H groups in total. The fraction of sp³-hybridized carbons (Fsp3) is 0.167. The van der Waals surface area contributed by atoms with Gasteiger partial charge >= 0.3 is 0 Å². The third-order valence-electron chi connectivity index (χ3n) is 2.57. The van der Waals surface area contributed by atoms with Gasteiger partial charge in [-0.1, -0.05) is 15.9 Å². The van der Waals surface area contributed by atoms with Gasteiger partial charge in [-0.15, -0.1) is 0 Å². The highest BCUT2D eigenvalue weighted by Crippen LogP contribution is 2.26. The maximum atomic E-state index is 13.8. The zero-order valence-electron chi connectivity index (χ0n) is 9.65.